The van der Waals surface area contributed by atoms with Crippen molar-refractivity contribution in [1.82, 2.24) is 4.57 Å². The minimum absolute atomic E-state index is 0.0945. The Bertz CT molecular complexity index is 1670. The van der Waals surface area contributed by atoms with E-state index in [1.165, 1.54) is 6.07 Å². The molecule has 0 radical (unpaired) electrons. The van der Waals surface area contributed by atoms with Gasteiger partial charge < -0.3 is 23.2 Å². The molecule has 0 unspecified atom stereocenters. The van der Waals surface area contributed by atoms with Crippen molar-refractivity contribution in [2.45, 2.75) is 13.5 Å². The van der Waals surface area contributed by atoms with Crippen LogP contribution in [0.1, 0.15) is 33.4 Å². The number of carbonyl (C=O) groups excluding carboxylic acids is 2. The van der Waals surface area contributed by atoms with E-state index in [4.69, 9.17) is 18.6 Å². The van der Waals surface area contributed by atoms with E-state index in [9.17, 15) is 9.59 Å². The summed E-state index contributed by atoms with van der Waals surface area (Å²) < 4.78 is 24.4. The predicted molar refractivity (Wildman–Crippen MR) is 135 cm³/mol. The van der Waals surface area contributed by atoms with Crippen molar-refractivity contribution in [1.29, 1.82) is 0 Å². The molecular formula is C29H21NO6. The first-order chi connectivity index (χ1) is 17.5. The maximum absolute atomic E-state index is 13.0. The van der Waals surface area contributed by atoms with Gasteiger partial charge in [-0.05, 0) is 55.5 Å². The molecule has 0 saturated heterocycles. The molecule has 0 N–H and O–H groups in total. The number of methoxy groups -OCH3 is 1. The van der Waals surface area contributed by atoms with Crippen molar-refractivity contribution in [3.8, 4) is 17.2 Å². The lowest BCUT2D eigenvalue weighted by Crippen LogP contribution is -2.07. The molecule has 1 aliphatic heterocycles. The van der Waals surface area contributed by atoms with Crippen molar-refractivity contribution < 1.29 is 28.2 Å². The molecule has 0 atom stereocenters. The van der Waals surface area contributed by atoms with Crippen LogP contribution < -0.4 is 14.2 Å². The van der Waals surface area contributed by atoms with Gasteiger partial charge in [0.1, 0.15) is 22.8 Å². The third-order valence-electron chi connectivity index (χ3n) is 6.23. The highest BCUT2D eigenvalue weighted by atomic mass is 16.5. The van der Waals surface area contributed by atoms with Gasteiger partial charge in [-0.15, -0.1) is 0 Å². The van der Waals surface area contributed by atoms with E-state index in [1.807, 2.05) is 42.6 Å². The Hall–Kier alpha value is -4.78. The number of furan rings is 1. The van der Waals surface area contributed by atoms with Crippen molar-refractivity contribution in [3.63, 3.8) is 0 Å². The second-order valence-electron chi connectivity index (χ2n) is 8.39. The fourth-order valence-corrected chi connectivity index (χ4v) is 4.42. The Morgan fingerprint density at radius 3 is 2.67 bits per heavy atom. The second kappa shape index (κ2) is 8.46. The number of para-hydroxylation sites is 1. The molecule has 6 rings (SSSR count). The molecule has 3 heterocycles. The number of ether oxygens (including phenoxy) is 3. The summed E-state index contributed by atoms with van der Waals surface area (Å²) in [7, 11) is 1.62. The fraction of sp³-hybridized carbons (Fsp3) is 0.103. The second-order valence-corrected chi connectivity index (χ2v) is 8.39. The molecule has 0 fully saturated rings. The summed E-state index contributed by atoms with van der Waals surface area (Å²) in [6.45, 7) is 2.84. The van der Waals surface area contributed by atoms with Crippen LogP contribution in [-0.4, -0.2) is 23.4 Å². The van der Waals surface area contributed by atoms with Crippen LogP contribution in [-0.2, 0) is 6.54 Å². The largest absolute Gasteiger partial charge is 0.497 e. The first-order valence-corrected chi connectivity index (χ1v) is 11.5. The zero-order valence-electron chi connectivity index (χ0n) is 19.6. The summed E-state index contributed by atoms with van der Waals surface area (Å²) in [6, 6.07) is 19.5. The van der Waals surface area contributed by atoms with Gasteiger partial charge in [0.05, 0.1) is 12.7 Å². The van der Waals surface area contributed by atoms with Crippen LogP contribution in [0.2, 0.25) is 0 Å². The van der Waals surface area contributed by atoms with Crippen molar-refractivity contribution >= 4 is 39.7 Å². The summed E-state index contributed by atoms with van der Waals surface area (Å²) in [5, 5.41) is 1.76. The number of allylic oxidation sites excluding steroid dienone is 1. The number of benzene rings is 3. The van der Waals surface area contributed by atoms with Gasteiger partial charge in [0.2, 0.25) is 11.5 Å². The number of nitrogens with zero attached hydrogens (tertiary/aromatic N) is 1. The Labute approximate surface area is 206 Å². The minimum Gasteiger partial charge on any atom is -0.497 e. The highest BCUT2D eigenvalue weighted by Crippen LogP contribution is 2.36. The Morgan fingerprint density at radius 2 is 1.86 bits per heavy atom. The van der Waals surface area contributed by atoms with E-state index < -0.39 is 5.97 Å². The quantitative estimate of drug-likeness (QED) is 0.168. The third kappa shape index (κ3) is 3.62. The van der Waals surface area contributed by atoms with E-state index >= 15 is 0 Å². The van der Waals surface area contributed by atoms with E-state index in [2.05, 4.69) is 11.5 Å². The number of hydrogen-bond donors (Lipinski definition) is 0. The first kappa shape index (κ1) is 21.7. The molecule has 0 bridgehead atoms. The van der Waals surface area contributed by atoms with E-state index in [1.54, 1.807) is 37.5 Å². The number of aromatic nitrogens is 1. The minimum atomic E-state index is -0.632. The number of carbonyl (C=O) groups is 2. The lowest BCUT2D eigenvalue weighted by atomic mass is 10.1. The van der Waals surface area contributed by atoms with Gasteiger partial charge >= 0.3 is 5.97 Å². The topological polar surface area (TPSA) is 79.9 Å². The fourth-order valence-electron chi connectivity index (χ4n) is 4.42. The Morgan fingerprint density at radius 1 is 1.03 bits per heavy atom. The smallest absolute Gasteiger partial charge is 0.379 e. The van der Waals surface area contributed by atoms with Crippen LogP contribution in [0.4, 0.5) is 0 Å². The standard InChI is InChI=1S/C29H21NO6/c1-3-30-16-18(22-14-19(33-2)9-11-23(22)30)13-26-28(31)21-10-8-20(15-25(21)36-26)34-29(32)27-12-17-6-4-5-7-24(17)35-27/h4-16H,3H2,1-2H3/b26-13-. The molecule has 0 amide bonds. The maximum Gasteiger partial charge on any atom is 0.379 e. The third-order valence-corrected chi connectivity index (χ3v) is 6.23. The average molecular weight is 479 g/mol. The zero-order valence-corrected chi connectivity index (χ0v) is 19.6. The van der Waals surface area contributed by atoms with Crippen LogP contribution in [0, 0.1) is 0 Å². The van der Waals surface area contributed by atoms with Crippen LogP contribution in [0.15, 0.2) is 83.1 Å². The van der Waals surface area contributed by atoms with Crippen molar-refractivity contribution in [3.05, 3.63) is 95.6 Å². The number of hydrogen-bond acceptors (Lipinski definition) is 6. The maximum atomic E-state index is 13.0. The predicted octanol–water partition coefficient (Wildman–Crippen LogP) is 6.25. The van der Waals surface area contributed by atoms with Gasteiger partial charge in [0.15, 0.2) is 5.76 Å². The number of rotatable bonds is 5. The molecule has 3 aromatic carbocycles. The van der Waals surface area contributed by atoms with Crippen molar-refractivity contribution in [2.75, 3.05) is 7.11 Å². The normalized spacial score (nSPS) is 13.8. The Kier molecular flexibility index (Phi) is 5.11. The number of esters is 1. The Balaban J connectivity index is 1.28. The lowest BCUT2D eigenvalue weighted by Gasteiger charge is -2.04. The molecule has 7 heteroatoms. The molecule has 5 aromatic rings. The summed E-state index contributed by atoms with van der Waals surface area (Å²) in [4.78, 5) is 25.7. The van der Waals surface area contributed by atoms with Crippen LogP contribution in [0.3, 0.4) is 0 Å². The molecule has 0 spiro atoms. The first-order valence-electron chi connectivity index (χ1n) is 11.5. The van der Waals surface area contributed by atoms with E-state index in [-0.39, 0.29) is 23.1 Å². The summed E-state index contributed by atoms with van der Waals surface area (Å²) in [5.74, 6) is 0.737. The molecule has 0 saturated carbocycles. The van der Waals surface area contributed by atoms with Crippen LogP contribution in [0.5, 0.6) is 17.2 Å². The lowest BCUT2D eigenvalue weighted by molar-refractivity contribution is 0.0703. The van der Waals surface area contributed by atoms with Gasteiger partial charge in [-0.25, -0.2) is 4.79 Å². The highest BCUT2D eigenvalue weighted by Gasteiger charge is 2.29. The van der Waals surface area contributed by atoms with Crippen LogP contribution >= 0.6 is 0 Å². The summed E-state index contributed by atoms with van der Waals surface area (Å²) >= 11 is 0. The molecule has 1 aliphatic rings. The molecular weight excluding hydrogens is 458 g/mol. The van der Waals surface area contributed by atoms with E-state index in [0.29, 0.717) is 16.9 Å². The van der Waals surface area contributed by atoms with Gasteiger partial charge in [0.25, 0.3) is 0 Å². The van der Waals surface area contributed by atoms with Gasteiger partial charge in [-0.1, -0.05) is 18.2 Å². The number of aryl methyl sites for hydroxylation is 1. The molecule has 2 aromatic heterocycles. The van der Waals surface area contributed by atoms with Gasteiger partial charge in [-0.3, -0.25) is 4.79 Å². The molecule has 36 heavy (non-hydrogen) atoms. The monoisotopic (exact) mass is 479 g/mol. The van der Waals surface area contributed by atoms with Crippen LogP contribution in [0.25, 0.3) is 27.9 Å². The van der Waals surface area contributed by atoms with E-state index in [0.717, 1.165) is 34.1 Å². The summed E-state index contributed by atoms with van der Waals surface area (Å²) in [6.07, 6.45) is 3.72. The molecule has 7 nitrogen and oxygen atoms in total. The average Bonchev–Trinajstić information content (AvgIpc) is 3.57. The van der Waals surface area contributed by atoms with Crippen molar-refractivity contribution in [2.24, 2.45) is 0 Å². The number of fused-ring (bicyclic) bond motifs is 3. The summed E-state index contributed by atoms with van der Waals surface area (Å²) in [5.41, 5.74) is 2.89. The van der Waals surface area contributed by atoms with Gasteiger partial charge in [0, 0.05) is 40.7 Å². The highest BCUT2D eigenvalue weighted by molar-refractivity contribution is 6.15. The molecule has 0 aliphatic carbocycles. The SMILES string of the molecule is CCn1cc(/C=C2\Oc3cc(OC(=O)c4cc5ccccc5o4)ccc3C2=O)c2cc(OC)ccc21. The number of ketones is 1. The van der Waals surface area contributed by atoms with Gasteiger partial charge in [-0.2, -0.15) is 0 Å². The zero-order chi connectivity index (χ0) is 24.8. The number of Topliss-reactive ketones (excluding diaryl/α,β-unsaturated/α-hetero) is 1. The molecule has 178 valence electrons.